The van der Waals surface area contributed by atoms with Crippen LogP contribution in [0.3, 0.4) is 0 Å². The van der Waals surface area contributed by atoms with Crippen molar-refractivity contribution >= 4 is 47.8 Å². The molecule has 22 heavy (non-hydrogen) atoms. The molecular weight excluding hydrogens is 484 g/mol. The van der Waals surface area contributed by atoms with Crippen molar-refractivity contribution in [3.05, 3.63) is 28.9 Å². The molecule has 0 aromatic carbocycles. The molecule has 0 saturated carbocycles. The number of rotatable bonds is 1. The smallest absolute Gasteiger partial charge is 0.198 e. The average Bonchev–Trinajstić information content (AvgIpc) is 2.85. The van der Waals surface area contributed by atoms with E-state index in [4.69, 9.17) is 9.47 Å². The van der Waals surface area contributed by atoms with Gasteiger partial charge >= 0.3 is 0 Å². The van der Waals surface area contributed by atoms with Crippen LogP contribution in [-0.2, 0) is 9.47 Å². The zero-order chi connectivity index (χ0) is 16.3. The van der Waals surface area contributed by atoms with Gasteiger partial charge in [-0.15, -0.1) is 5.73 Å². The Balaban J connectivity index is 2.26. The molecule has 4 nitrogen and oxygen atoms in total. The molecule has 7 heteroatoms. The molecule has 124 valence electrons. The molecule has 1 saturated heterocycles. The molecule has 2 N–H and O–H groups in total. The van der Waals surface area contributed by atoms with Crippen molar-refractivity contribution < 1.29 is 19.7 Å². The van der Waals surface area contributed by atoms with E-state index in [0.717, 1.165) is 0 Å². The molecule has 0 aromatic rings. The first kappa shape index (κ1) is 18.9. The molecule has 2 heterocycles. The van der Waals surface area contributed by atoms with Crippen LogP contribution >= 0.6 is 47.8 Å². The molecule has 0 radical (unpaired) electrons. The highest BCUT2D eigenvalue weighted by Crippen LogP contribution is 2.35. The van der Waals surface area contributed by atoms with Crippen molar-refractivity contribution in [1.29, 1.82) is 0 Å². The maximum atomic E-state index is 10.6. The molecule has 7 atom stereocenters. The topological polar surface area (TPSA) is 58.9 Å². The predicted octanol–water partition coefficient (Wildman–Crippen LogP) is 3.15. The maximum absolute atomic E-state index is 10.6. The van der Waals surface area contributed by atoms with Crippen LogP contribution in [-0.4, -0.2) is 50.1 Å². The third kappa shape index (κ3) is 4.54. The van der Waals surface area contributed by atoms with E-state index >= 15 is 0 Å². The Bertz CT molecular complexity index is 477. The second-order valence-corrected chi connectivity index (χ2v) is 8.16. The Hall–Kier alpha value is 0.540. The van der Waals surface area contributed by atoms with Crippen molar-refractivity contribution in [1.82, 2.24) is 0 Å². The summed E-state index contributed by atoms with van der Waals surface area (Å²) in [6, 6.07) is 0. The molecular formula is C15H19Br3O4. The number of ether oxygens (including phenoxy) is 2. The van der Waals surface area contributed by atoms with Gasteiger partial charge in [-0.1, -0.05) is 53.9 Å². The molecule has 0 aliphatic carbocycles. The van der Waals surface area contributed by atoms with Crippen LogP contribution in [0.1, 0.15) is 19.8 Å². The largest absolute Gasteiger partial charge is 0.392 e. The predicted molar refractivity (Wildman–Crippen MR) is 95.5 cm³/mol. The van der Waals surface area contributed by atoms with E-state index in [1.165, 1.54) is 0 Å². The van der Waals surface area contributed by atoms with Crippen LogP contribution in [0, 0.1) is 0 Å². The fraction of sp³-hybridized carbons (Fsp3) is 0.667. The first-order valence-corrected chi connectivity index (χ1v) is 9.83. The van der Waals surface area contributed by atoms with Gasteiger partial charge in [0.05, 0.1) is 34.1 Å². The van der Waals surface area contributed by atoms with Crippen LogP contribution in [0.15, 0.2) is 28.9 Å². The number of alkyl halides is 2. The summed E-state index contributed by atoms with van der Waals surface area (Å²) in [7, 11) is 0. The second kappa shape index (κ2) is 8.08. The molecule has 0 spiro atoms. The van der Waals surface area contributed by atoms with Crippen LogP contribution < -0.4 is 0 Å². The van der Waals surface area contributed by atoms with Crippen LogP contribution in [0.4, 0.5) is 0 Å². The van der Waals surface area contributed by atoms with E-state index in [1.54, 1.807) is 17.1 Å². The van der Waals surface area contributed by atoms with Gasteiger partial charge in [0.2, 0.25) is 0 Å². The minimum absolute atomic E-state index is 0.205. The fourth-order valence-corrected chi connectivity index (χ4v) is 3.72. The average molecular weight is 503 g/mol. The summed E-state index contributed by atoms with van der Waals surface area (Å²) in [5.74, 6) is -1.41. The summed E-state index contributed by atoms with van der Waals surface area (Å²) in [5.41, 5.74) is 2.95. The van der Waals surface area contributed by atoms with Gasteiger partial charge in [0.1, 0.15) is 0 Å². The number of hydrogen-bond acceptors (Lipinski definition) is 4. The highest BCUT2D eigenvalue weighted by Gasteiger charge is 2.43. The van der Waals surface area contributed by atoms with Crippen LogP contribution in [0.25, 0.3) is 0 Å². The number of halogens is 3. The Morgan fingerprint density at radius 1 is 1.36 bits per heavy atom. The van der Waals surface area contributed by atoms with Gasteiger partial charge in [-0.05, 0) is 25.5 Å². The van der Waals surface area contributed by atoms with Crippen molar-refractivity contribution in [2.45, 2.75) is 59.6 Å². The van der Waals surface area contributed by atoms with E-state index in [0.29, 0.717) is 12.8 Å². The van der Waals surface area contributed by atoms with Crippen LogP contribution in [0.5, 0.6) is 0 Å². The van der Waals surface area contributed by atoms with E-state index < -0.39 is 16.7 Å². The van der Waals surface area contributed by atoms with Gasteiger partial charge in [-0.25, -0.2) is 0 Å². The number of fused-ring (bicyclic) bond motifs is 2. The lowest BCUT2D eigenvalue weighted by Gasteiger charge is -2.30. The van der Waals surface area contributed by atoms with Gasteiger partial charge in [0.25, 0.3) is 0 Å². The third-order valence-corrected chi connectivity index (χ3v) is 6.45. The van der Waals surface area contributed by atoms with Crippen molar-refractivity contribution in [3.63, 3.8) is 0 Å². The first-order chi connectivity index (χ1) is 10.4. The van der Waals surface area contributed by atoms with E-state index in [-0.39, 0.29) is 23.1 Å². The summed E-state index contributed by atoms with van der Waals surface area (Å²) in [5, 5.41) is 20.9. The summed E-state index contributed by atoms with van der Waals surface area (Å²) in [6.07, 6.45) is 4.79. The lowest BCUT2D eigenvalue weighted by Crippen LogP contribution is -2.42. The zero-order valence-corrected chi connectivity index (χ0v) is 16.8. The molecule has 0 aromatic heterocycles. The standard InChI is InChI=1S/C15H19Br3O4/c1-9-14(18)12(19)8-13(17)15(20)5-4-11(22-15)7-10(21-9)3-2-6-16/h3-6,9-14,19-20H,7-8H2,1H3/t2?,9-,10?,11+,12+,13-,14+,15-/m0/s1. The number of hydrogen-bond donors (Lipinski definition) is 2. The Labute approximate surface area is 155 Å². The van der Waals surface area contributed by atoms with Gasteiger partial charge in [-0.3, -0.25) is 0 Å². The minimum Gasteiger partial charge on any atom is -0.392 e. The van der Waals surface area contributed by atoms with E-state index in [9.17, 15) is 10.2 Å². The van der Waals surface area contributed by atoms with Crippen molar-refractivity contribution in [2.75, 3.05) is 0 Å². The number of aliphatic hydroxyl groups excluding tert-OH is 1. The molecule has 1 fully saturated rings. The Morgan fingerprint density at radius 3 is 2.77 bits per heavy atom. The van der Waals surface area contributed by atoms with Crippen LogP contribution in [0.2, 0.25) is 0 Å². The maximum Gasteiger partial charge on any atom is 0.198 e. The fourth-order valence-electron chi connectivity index (χ4n) is 2.58. The lowest BCUT2D eigenvalue weighted by molar-refractivity contribution is -0.176. The SMILES string of the molecule is C[C@@H]1OC(C=C=CBr)C[C@H]2C=C[C@](O)(O2)[C@@H](Br)C[C@@H](O)[C@@H]1Br. The second-order valence-electron chi connectivity index (χ2n) is 5.54. The molecule has 0 amide bonds. The highest BCUT2D eigenvalue weighted by atomic mass is 79.9. The molecule has 2 bridgehead atoms. The van der Waals surface area contributed by atoms with Crippen molar-refractivity contribution in [2.24, 2.45) is 0 Å². The van der Waals surface area contributed by atoms with Gasteiger partial charge in [0.15, 0.2) is 5.79 Å². The highest BCUT2D eigenvalue weighted by molar-refractivity contribution is 9.11. The molecule has 1 unspecified atom stereocenters. The summed E-state index contributed by atoms with van der Waals surface area (Å²) in [6.45, 7) is 1.91. The monoisotopic (exact) mass is 500 g/mol. The summed E-state index contributed by atoms with van der Waals surface area (Å²) >= 11 is 10.1. The third-order valence-electron chi connectivity index (χ3n) is 3.80. The number of aliphatic hydroxyl groups is 2. The normalized spacial score (nSPS) is 45.7. The quantitative estimate of drug-likeness (QED) is 0.328. The Morgan fingerprint density at radius 2 is 2.09 bits per heavy atom. The Kier molecular flexibility index (Phi) is 6.93. The van der Waals surface area contributed by atoms with E-state index in [1.807, 2.05) is 13.0 Å². The van der Waals surface area contributed by atoms with Crippen molar-refractivity contribution in [3.8, 4) is 0 Å². The lowest BCUT2D eigenvalue weighted by atomic mass is 10.0. The molecule has 2 aliphatic heterocycles. The first-order valence-electron chi connectivity index (χ1n) is 7.08. The van der Waals surface area contributed by atoms with Gasteiger partial charge in [0, 0.05) is 11.4 Å². The molecule has 2 aliphatic rings. The van der Waals surface area contributed by atoms with E-state index in [2.05, 4.69) is 53.5 Å². The molecule has 2 rings (SSSR count). The zero-order valence-electron chi connectivity index (χ0n) is 12.0. The van der Waals surface area contributed by atoms with Gasteiger partial charge in [-0.2, -0.15) is 0 Å². The van der Waals surface area contributed by atoms with Gasteiger partial charge < -0.3 is 19.7 Å². The summed E-state index contributed by atoms with van der Waals surface area (Å²) in [4.78, 5) is 0.974. The minimum atomic E-state index is -1.41. The summed E-state index contributed by atoms with van der Waals surface area (Å²) < 4.78 is 11.8.